The smallest absolute Gasteiger partial charge is 0.303 e. The molecular weight excluding hydrogens is 388 g/mol. The second-order valence-electron chi connectivity index (χ2n) is 7.00. The van der Waals surface area contributed by atoms with Crippen molar-refractivity contribution < 1.29 is 23.1 Å². The van der Waals surface area contributed by atoms with Crippen molar-refractivity contribution in [1.82, 2.24) is 0 Å². The van der Waals surface area contributed by atoms with Crippen LogP contribution in [0.4, 0.5) is 5.69 Å². The van der Waals surface area contributed by atoms with E-state index in [0.29, 0.717) is 5.17 Å². The number of benzene rings is 1. The lowest BCUT2D eigenvalue weighted by Crippen LogP contribution is -2.38. The summed E-state index contributed by atoms with van der Waals surface area (Å²) >= 11 is 1.33. The topological polar surface area (TPSA) is 104 Å². The third-order valence-corrected chi connectivity index (χ3v) is 7.90. The number of amidine groups is 1. The van der Waals surface area contributed by atoms with Crippen LogP contribution in [0.25, 0.3) is 0 Å². The van der Waals surface area contributed by atoms with Crippen molar-refractivity contribution in [2.24, 2.45) is 4.99 Å². The van der Waals surface area contributed by atoms with Gasteiger partial charge < -0.3 is 10.0 Å². The van der Waals surface area contributed by atoms with Crippen molar-refractivity contribution in [2.45, 2.75) is 44.4 Å². The summed E-state index contributed by atoms with van der Waals surface area (Å²) < 4.78 is 24.2. The van der Waals surface area contributed by atoms with Crippen LogP contribution in [0.3, 0.4) is 0 Å². The van der Waals surface area contributed by atoms with Gasteiger partial charge in [0.25, 0.3) is 0 Å². The van der Waals surface area contributed by atoms with E-state index in [0.717, 1.165) is 16.8 Å². The highest BCUT2D eigenvalue weighted by Gasteiger charge is 2.49. The molecule has 0 radical (unpaired) electrons. The van der Waals surface area contributed by atoms with Gasteiger partial charge >= 0.3 is 5.97 Å². The van der Waals surface area contributed by atoms with Gasteiger partial charge in [-0.3, -0.25) is 9.59 Å². The number of anilines is 1. The number of rotatable bonds is 5. The van der Waals surface area contributed by atoms with Crippen molar-refractivity contribution in [3.05, 3.63) is 29.3 Å². The van der Waals surface area contributed by atoms with Crippen LogP contribution in [0.5, 0.6) is 0 Å². The third-order valence-electron chi connectivity index (χ3n) is 4.69. The van der Waals surface area contributed by atoms with Crippen molar-refractivity contribution in [3.63, 3.8) is 0 Å². The first-order valence-electron chi connectivity index (χ1n) is 8.73. The summed E-state index contributed by atoms with van der Waals surface area (Å²) in [6, 6.07) is 5.69. The van der Waals surface area contributed by atoms with Crippen molar-refractivity contribution >= 4 is 44.3 Å². The summed E-state index contributed by atoms with van der Waals surface area (Å²) in [5.74, 6) is -1.19. The number of nitrogens with zero attached hydrogens (tertiary/aromatic N) is 2. The van der Waals surface area contributed by atoms with E-state index in [1.165, 1.54) is 11.8 Å². The van der Waals surface area contributed by atoms with Crippen LogP contribution in [0.2, 0.25) is 0 Å². The third kappa shape index (κ3) is 4.52. The zero-order valence-electron chi connectivity index (χ0n) is 15.2. The van der Waals surface area contributed by atoms with Gasteiger partial charge in [0.1, 0.15) is 0 Å². The number of carboxylic acid groups (broad SMARTS) is 1. The largest absolute Gasteiger partial charge is 0.481 e. The Hall–Kier alpha value is -1.87. The zero-order valence-corrected chi connectivity index (χ0v) is 16.8. The molecule has 0 bridgehead atoms. The van der Waals surface area contributed by atoms with Gasteiger partial charge in [-0.1, -0.05) is 23.9 Å². The van der Waals surface area contributed by atoms with Crippen molar-refractivity contribution in [3.8, 4) is 0 Å². The van der Waals surface area contributed by atoms with Crippen molar-refractivity contribution in [1.29, 1.82) is 0 Å². The van der Waals surface area contributed by atoms with E-state index in [9.17, 15) is 18.0 Å². The molecule has 7 nitrogen and oxygen atoms in total. The molecule has 0 saturated carbocycles. The van der Waals surface area contributed by atoms with Crippen molar-refractivity contribution in [2.75, 3.05) is 16.4 Å². The highest BCUT2D eigenvalue weighted by atomic mass is 32.2. The fourth-order valence-electron chi connectivity index (χ4n) is 3.38. The number of carboxylic acids is 1. The molecular formula is C18H22N2O5S2. The second-order valence-corrected chi connectivity index (χ2v) is 10.4. The van der Waals surface area contributed by atoms with Gasteiger partial charge in [0.2, 0.25) is 5.91 Å². The Bertz CT molecular complexity index is 910. The molecule has 2 fully saturated rings. The highest BCUT2D eigenvalue weighted by Crippen LogP contribution is 2.42. The lowest BCUT2D eigenvalue weighted by atomic mass is 10.1. The number of fused-ring (bicyclic) bond motifs is 1. The van der Waals surface area contributed by atoms with Gasteiger partial charge in [-0.05, 0) is 37.5 Å². The molecule has 1 amide bonds. The summed E-state index contributed by atoms with van der Waals surface area (Å²) in [6.45, 7) is 3.91. The summed E-state index contributed by atoms with van der Waals surface area (Å²) in [5.41, 5.74) is 2.89. The quantitative estimate of drug-likeness (QED) is 0.793. The Labute approximate surface area is 162 Å². The summed E-state index contributed by atoms with van der Waals surface area (Å²) in [5, 5.41) is 9.06. The molecule has 9 heteroatoms. The SMILES string of the molecule is Cc1ccc(C)c(N2C(=NC(=O)CCCC(=O)O)S[C@@H]3CS(=O)(=O)C[C@@H]32)c1. The molecule has 2 aliphatic rings. The van der Waals surface area contributed by atoms with Gasteiger partial charge in [0.15, 0.2) is 15.0 Å². The molecule has 1 aromatic carbocycles. The van der Waals surface area contributed by atoms with E-state index >= 15 is 0 Å². The standard InChI is InChI=1S/C18H22N2O5S2/c1-11-6-7-12(2)13(8-11)20-14-9-27(24,25)10-15(14)26-18(20)19-16(21)4-3-5-17(22)23/h6-8,14-15H,3-5,9-10H2,1-2H3,(H,22,23)/t14-,15+/m0/s1. The van der Waals surface area contributed by atoms with Crippen LogP contribution in [0, 0.1) is 13.8 Å². The Morgan fingerprint density at radius 2 is 2.00 bits per heavy atom. The molecule has 2 aliphatic heterocycles. The molecule has 0 unspecified atom stereocenters. The predicted molar refractivity (Wildman–Crippen MR) is 106 cm³/mol. The zero-order chi connectivity index (χ0) is 19.8. The number of hydrogen-bond donors (Lipinski definition) is 1. The van der Waals surface area contributed by atoms with Crippen LogP contribution in [0.15, 0.2) is 23.2 Å². The fraction of sp³-hybridized carbons (Fsp3) is 0.500. The molecule has 0 aromatic heterocycles. The minimum Gasteiger partial charge on any atom is -0.481 e. The average molecular weight is 411 g/mol. The van der Waals surface area contributed by atoms with Gasteiger partial charge in [-0.2, -0.15) is 4.99 Å². The highest BCUT2D eigenvalue weighted by molar-refractivity contribution is 8.16. The van der Waals surface area contributed by atoms with Gasteiger partial charge in [0.05, 0.1) is 17.5 Å². The molecule has 0 aliphatic carbocycles. The molecule has 2 heterocycles. The van der Waals surface area contributed by atoms with Crippen LogP contribution < -0.4 is 4.90 Å². The minimum absolute atomic E-state index is 0.0459. The summed E-state index contributed by atoms with van der Waals surface area (Å²) in [6.07, 6.45) is 0.221. The van der Waals surface area contributed by atoms with Gasteiger partial charge in [0, 0.05) is 23.8 Å². The number of amides is 1. The van der Waals surface area contributed by atoms with E-state index in [2.05, 4.69) is 4.99 Å². The Morgan fingerprint density at radius 3 is 2.70 bits per heavy atom. The molecule has 0 spiro atoms. The first-order valence-corrected chi connectivity index (χ1v) is 11.4. The molecule has 2 atom stereocenters. The molecule has 3 rings (SSSR count). The van der Waals surface area contributed by atoms with E-state index in [1.54, 1.807) is 0 Å². The number of aliphatic imine (C=N–C) groups is 1. The second kappa shape index (κ2) is 7.63. The van der Waals surface area contributed by atoms with Crippen LogP contribution >= 0.6 is 11.8 Å². The molecule has 2 saturated heterocycles. The van der Waals surface area contributed by atoms with E-state index in [-0.39, 0.29) is 48.0 Å². The Balaban J connectivity index is 1.91. The van der Waals surface area contributed by atoms with E-state index in [4.69, 9.17) is 5.11 Å². The number of hydrogen-bond acceptors (Lipinski definition) is 5. The first kappa shape index (κ1) is 19.9. The summed E-state index contributed by atoms with van der Waals surface area (Å²) in [4.78, 5) is 28.9. The Kier molecular flexibility index (Phi) is 5.62. The van der Waals surface area contributed by atoms with Crippen LogP contribution in [0.1, 0.15) is 30.4 Å². The molecule has 1 aromatic rings. The van der Waals surface area contributed by atoms with Gasteiger partial charge in [-0.15, -0.1) is 0 Å². The number of carbonyl (C=O) groups excluding carboxylic acids is 1. The average Bonchev–Trinajstić information content (AvgIpc) is 3.00. The van der Waals surface area contributed by atoms with E-state index in [1.807, 2.05) is 36.9 Å². The lowest BCUT2D eigenvalue weighted by Gasteiger charge is -2.26. The van der Waals surface area contributed by atoms with Crippen LogP contribution in [-0.4, -0.2) is 53.4 Å². The number of aliphatic carboxylic acids is 1. The normalized spacial score (nSPS) is 25.0. The Morgan fingerprint density at radius 1 is 1.26 bits per heavy atom. The molecule has 27 heavy (non-hydrogen) atoms. The molecule has 146 valence electrons. The number of thioether (sulfide) groups is 1. The minimum atomic E-state index is -3.11. The maximum atomic E-state index is 12.2. The maximum Gasteiger partial charge on any atom is 0.303 e. The maximum absolute atomic E-state index is 12.2. The van der Waals surface area contributed by atoms with E-state index < -0.39 is 15.8 Å². The predicted octanol–water partition coefficient (Wildman–Crippen LogP) is 2.16. The first-order chi connectivity index (χ1) is 12.7. The number of sulfone groups is 1. The number of carbonyl (C=O) groups is 2. The monoisotopic (exact) mass is 410 g/mol. The van der Waals surface area contributed by atoms with Gasteiger partial charge in [-0.25, -0.2) is 8.42 Å². The lowest BCUT2D eigenvalue weighted by molar-refractivity contribution is -0.137. The van der Waals surface area contributed by atoms with Crippen LogP contribution in [-0.2, 0) is 19.4 Å². The fourth-order valence-corrected chi connectivity index (χ4v) is 7.30. The summed E-state index contributed by atoms with van der Waals surface area (Å²) in [7, 11) is -3.11. The molecule has 1 N–H and O–H groups in total. The number of aryl methyl sites for hydroxylation is 2.